The Balaban J connectivity index is 1.56. The van der Waals surface area contributed by atoms with Gasteiger partial charge in [0.2, 0.25) is 0 Å². The Kier molecular flexibility index (Phi) is 4.13. The van der Waals surface area contributed by atoms with Crippen LogP contribution < -0.4 is 5.32 Å². The number of halogens is 1. The van der Waals surface area contributed by atoms with Crippen LogP contribution in [0.5, 0.6) is 0 Å². The second-order valence-electron chi connectivity index (χ2n) is 6.52. The first-order valence-corrected chi connectivity index (χ1v) is 8.67. The molecule has 1 atom stereocenters. The van der Waals surface area contributed by atoms with Gasteiger partial charge >= 0.3 is 0 Å². The largest absolute Gasteiger partial charge is 0.347 e. The molecule has 3 aromatic rings. The van der Waals surface area contributed by atoms with Crippen molar-refractivity contribution < 1.29 is 0 Å². The number of H-pyrrole nitrogens is 1. The van der Waals surface area contributed by atoms with Gasteiger partial charge in [-0.15, -0.1) is 0 Å². The number of benzene rings is 2. The molecule has 1 aromatic heterocycles. The van der Waals surface area contributed by atoms with E-state index in [9.17, 15) is 0 Å². The van der Waals surface area contributed by atoms with Crippen molar-refractivity contribution in [2.24, 2.45) is 0 Å². The Morgan fingerprint density at radius 1 is 1.12 bits per heavy atom. The van der Waals surface area contributed by atoms with Crippen LogP contribution >= 0.6 is 11.6 Å². The van der Waals surface area contributed by atoms with Gasteiger partial charge in [-0.25, -0.2) is 4.98 Å². The van der Waals surface area contributed by atoms with Crippen LogP contribution in [0.4, 0.5) is 0 Å². The van der Waals surface area contributed by atoms with Crippen LogP contribution in [-0.2, 0) is 5.41 Å². The zero-order valence-corrected chi connectivity index (χ0v) is 14.1. The Morgan fingerprint density at radius 3 is 2.62 bits per heavy atom. The van der Waals surface area contributed by atoms with Gasteiger partial charge < -0.3 is 10.3 Å². The van der Waals surface area contributed by atoms with Crippen molar-refractivity contribution in [2.45, 2.75) is 24.3 Å². The fourth-order valence-electron chi connectivity index (χ4n) is 3.31. The lowest BCUT2D eigenvalue weighted by Gasteiger charge is -2.23. The van der Waals surface area contributed by atoms with Gasteiger partial charge in [-0.3, -0.25) is 0 Å². The second kappa shape index (κ2) is 6.42. The smallest absolute Gasteiger partial charge is 0.0922 e. The normalized spacial score (nSPS) is 16.7. The zero-order chi connectivity index (χ0) is 16.4. The van der Waals surface area contributed by atoms with E-state index >= 15 is 0 Å². The Morgan fingerprint density at radius 2 is 1.96 bits per heavy atom. The summed E-state index contributed by atoms with van der Waals surface area (Å²) in [5, 5.41) is 4.56. The molecule has 24 heavy (non-hydrogen) atoms. The number of hydrogen-bond donors (Lipinski definition) is 2. The summed E-state index contributed by atoms with van der Waals surface area (Å²) in [5.74, 6) is 0. The summed E-state index contributed by atoms with van der Waals surface area (Å²) in [4.78, 5) is 7.43. The van der Waals surface area contributed by atoms with E-state index in [1.54, 1.807) is 6.33 Å². The molecule has 2 aromatic carbocycles. The standard InChI is InChI=1S/C20H20ClN3/c21-17-8-4-7-16(11-17)20(9-10-20)13-23-19(18-12-22-14-24-18)15-5-2-1-3-6-15/h1-8,11-12,14,19,23H,9-10,13H2,(H,22,24). The van der Waals surface area contributed by atoms with Crippen molar-refractivity contribution in [3.05, 3.63) is 89.0 Å². The molecule has 1 aliphatic rings. The monoisotopic (exact) mass is 337 g/mol. The SMILES string of the molecule is Clc1cccc(C2(CNC(c3ccccc3)c3cnc[nH]3)CC2)c1. The molecule has 0 aliphatic heterocycles. The van der Waals surface area contributed by atoms with Crippen molar-refractivity contribution in [2.75, 3.05) is 6.54 Å². The number of hydrogen-bond acceptors (Lipinski definition) is 2. The predicted molar refractivity (Wildman–Crippen MR) is 97.2 cm³/mol. The third-order valence-electron chi connectivity index (χ3n) is 4.90. The first-order valence-electron chi connectivity index (χ1n) is 8.30. The number of nitrogens with zero attached hydrogens (tertiary/aromatic N) is 1. The van der Waals surface area contributed by atoms with Gasteiger partial charge in [0.1, 0.15) is 0 Å². The molecule has 1 fully saturated rings. The van der Waals surface area contributed by atoms with Crippen molar-refractivity contribution >= 4 is 11.6 Å². The lowest BCUT2D eigenvalue weighted by Crippen LogP contribution is -2.31. The summed E-state index contributed by atoms with van der Waals surface area (Å²) < 4.78 is 0. The highest BCUT2D eigenvalue weighted by Crippen LogP contribution is 2.48. The van der Waals surface area contributed by atoms with Crippen molar-refractivity contribution in [1.82, 2.24) is 15.3 Å². The minimum atomic E-state index is 0.116. The summed E-state index contributed by atoms with van der Waals surface area (Å²) in [6, 6.07) is 18.9. The number of imidazole rings is 1. The average Bonchev–Trinajstić information content (AvgIpc) is 3.21. The third-order valence-corrected chi connectivity index (χ3v) is 5.13. The maximum atomic E-state index is 6.18. The molecule has 4 rings (SSSR count). The number of aromatic amines is 1. The van der Waals surface area contributed by atoms with E-state index in [0.717, 1.165) is 17.3 Å². The summed E-state index contributed by atoms with van der Waals surface area (Å²) in [6.07, 6.45) is 6.02. The van der Waals surface area contributed by atoms with Crippen LogP contribution in [0, 0.1) is 0 Å². The summed E-state index contributed by atoms with van der Waals surface area (Å²) in [6.45, 7) is 0.923. The topological polar surface area (TPSA) is 40.7 Å². The van der Waals surface area contributed by atoms with Crippen LogP contribution in [0.3, 0.4) is 0 Å². The van der Waals surface area contributed by atoms with Gasteiger partial charge in [-0.2, -0.15) is 0 Å². The Bertz CT molecular complexity index is 795. The first-order chi connectivity index (χ1) is 11.8. The molecule has 1 unspecified atom stereocenters. The van der Waals surface area contributed by atoms with Crippen molar-refractivity contribution in [3.8, 4) is 0 Å². The molecule has 0 bridgehead atoms. The van der Waals surface area contributed by atoms with Gasteiger partial charge in [-0.1, -0.05) is 54.1 Å². The number of aromatic nitrogens is 2. The van der Waals surface area contributed by atoms with Crippen LogP contribution in [-0.4, -0.2) is 16.5 Å². The molecular weight excluding hydrogens is 318 g/mol. The minimum Gasteiger partial charge on any atom is -0.347 e. The van der Waals surface area contributed by atoms with Gasteiger partial charge in [0, 0.05) is 23.2 Å². The fraction of sp³-hybridized carbons (Fsp3) is 0.250. The third kappa shape index (κ3) is 3.10. The molecule has 122 valence electrons. The molecule has 0 saturated heterocycles. The van der Waals surface area contributed by atoms with E-state index in [2.05, 4.69) is 51.7 Å². The summed E-state index contributed by atoms with van der Waals surface area (Å²) in [5.41, 5.74) is 3.86. The predicted octanol–water partition coefficient (Wildman–Crippen LogP) is 4.47. The molecule has 2 N–H and O–H groups in total. The molecular formula is C20H20ClN3. The number of rotatable bonds is 6. The maximum absolute atomic E-state index is 6.18. The highest BCUT2D eigenvalue weighted by atomic mass is 35.5. The Labute approximate surface area is 147 Å². The van der Waals surface area contributed by atoms with Crippen LogP contribution in [0.25, 0.3) is 0 Å². The zero-order valence-electron chi connectivity index (χ0n) is 13.4. The van der Waals surface area contributed by atoms with Gasteiger partial charge in [0.25, 0.3) is 0 Å². The quantitative estimate of drug-likeness (QED) is 0.696. The lowest BCUT2D eigenvalue weighted by atomic mass is 9.94. The molecule has 1 aliphatic carbocycles. The van der Waals surface area contributed by atoms with Gasteiger partial charge in [-0.05, 0) is 36.1 Å². The molecule has 3 nitrogen and oxygen atoms in total. The summed E-state index contributed by atoms with van der Waals surface area (Å²) in [7, 11) is 0. The van der Waals surface area contributed by atoms with Gasteiger partial charge in [0.05, 0.1) is 18.1 Å². The van der Waals surface area contributed by atoms with Crippen LogP contribution in [0.2, 0.25) is 5.02 Å². The molecule has 1 heterocycles. The van der Waals surface area contributed by atoms with E-state index in [1.807, 2.05) is 24.4 Å². The maximum Gasteiger partial charge on any atom is 0.0922 e. The highest BCUT2D eigenvalue weighted by molar-refractivity contribution is 6.30. The molecule has 4 heteroatoms. The van der Waals surface area contributed by atoms with E-state index in [1.165, 1.54) is 24.0 Å². The lowest BCUT2D eigenvalue weighted by molar-refractivity contribution is 0.523. The van der Waals surface area contributed by atoms with Crippen LogP contribution in [0.1, 0.15) is 35.7 Å². The Hall–Kier alpha value is -2.10. The van der Waals surface area contributed by atoms with Gasteiger partial charge in [0.15, 0.2) is 0 Å². The average molecular weight is 338 g/mol. The van der Waals surface area contributed by atoms with E-state index in [4.69, 9.17) is 11.6 Å². The number of nitrogens with one attached hydrogen (secondary N) is 2. The molecule has 1 saturated carbocycles. The minimum absolute atomic E-state index is 0.116. The van der Waals surface area contributed by atoms with E-state index in [-0.39, 0.29) is 11.5 Å². The summed E-state index contributed by atoms with van der Waals surface area (Å²) >= 11 is 6.18. The van der Waals surface area contributed by atoms with Crippen molar-refractivity contribution in [1.29, 1.82) is 0 Å². The van der Waals surface area contributed by atoms with E-state index in [0.29, 0.717) is 0 Å². The van der Waals surface area contributed by atoms with Crippen LogP contribution in [0.15, 0.2) is 67.1 Å². The second-order valence-corrected chi connectivity index (χ2v) is 6.96. The molecule has 0 spiro atoms. The van der Waals surface area contributed by atoms with E-state index < -0.39 is 0 Å². The first kappa shape index (κ1) is 15.4. The molecule has 0 amide bonds. The molecule has 0 radical (unpaired) electrons. The fourth-order valence-corrected chi connectivity index (χ4v) is 3.50. The highest BCUT2D eigenvalue weighted by Gasteiger charge is 2.44. The van der Waals surface area contributed by atoms with Crippen molar-refractivity contribution in [3.63, 3.8) is 0 Å².